The van der Waals surface area contributed by atoms with E-state index in [1.54, 1.807) is 12.4 Å². The summed E-state index contributed by atoms with van der Waals surface area (Å²) in [6.45, 7) is 2.68. The van der Waals surface area contributed by atoms with E-state index in [9.17, 15) is 0 Å². The van der Waals surface area contributed by atoms with Crippen LogP contribution in [0.15, 0.2) is 36.9 Å². The molecule has 0 aliphatic rings. The minimum Gasteiger partial charge on any atom is -0.463 e. The van der Waals surface area contributed by atoms with Crippen molar-refractivity contribution in [2.24, 2.45) is 0 Å². The van der Waals surface area contributed by atoms with E-state index in [-0.39, 0.29) is 0 Å². The number of hydrogen-bond donors (Lipinski definition) is 1. The zero-order chi connectivity index (χ0) is 13.1. The molecule has 0 spiro atoms. The molecule has 3 aromatic rings. The van der Waals surface area contributed by atoms with Crippen LogP contribution in [-0.4, -0.2) is 26.5 Å². The van der Waals surface area contributed by atoms with Crippen LogP contribution in [0.5, 0.6) is 6.01 Å². The van der Waals surface area contributed by atoms with Gasteiger partial charge in [0.1, 0.15) is 5.65 Å². The summed E-state index contributed by atoms with van der Waals surface area (Å²) in [5.74, 6) is 0. The number of rotatable bonds is 4. The number of pyridine rings is 1. The lowest BCUT2D eigenvalue weighted by molar-refractivity contribution is 0.292. The van der Waals surface area contributed by atoms with Crippen LogP contribution < -0.4 is 4.74 Å². The van der Waals surface area contributed by atoms with E-state index in [2.05, 4.69) is 26.0 Å². The number of aromatic amines is 1. The van der Waals surface area contributed by atoms with Gasteiger partial charge in [-0.05, 0) is 18.6 Å². The van der Waals surface area contributed by atoms with Crippen molar-refractivity contribution in [1.29, 1.82) is 0 Å². The monoisotopic (exact) mass is 254 g/mol. The van der Waals surface area contributed by atoms with Gasteiger partial charge in [-0.25, -0.2) is 15.0 Å². The summed E-state index contributed by atoms with van der Waals surface area (Å²) in [6, 6.07) is 4.47. The lowest BCUT2D eigenvalue weighted by atomic mass is 10.1. The minimum atomic E-state index is 0.418. The summed E-state index contributed by atoms with van der Waals surface area (Å²) in [5, 5.41) is 1.07. The molecule has 0 fully saturated rings. The maximum Gasteiger partial charge on any atom is 0.316 e. The van der Waals surface area contributed by atoms with Crippen molar-refractivity contribution < 1.29 is 4.74 Å². The van der Waals surface area contributed by atoms with Gasteiger partial charge in [0.25, 0.3) is 0 Å². The molecule has 0 saturated carbocycles. The summed E-state index contributed by atoms with van der Waals surface area (Å²) in [7, 11) is 0. The molecule has 0 aliphatic carbocycles. The summed E-state index contributed by atoms with van der Waals surface area (Å²) in [4.78, 5) is 15.8. The number of hydrogen-bond acceptors (Lipinski definition) is 4. The zero-order valence-corrected chi connectivity index (χ0v) is 10.6. The van der Waals surface area contributed by atoms with Crippen molar-refractivity contribution in [3.63, 3.8) is 0 Å². The second-order valence-electron chi connectivity index (χ2n) is 4.24. The van der Waals surface area contributed by atoms with Gasteiger partial charge in [0.05, 0.1) is 6.61 Å². The summed E-state index contributed by atoms with van der Waals surface area (Å²) < 4.78 is 5.36. The molecule has 0 radical (unpaired) electrons. The van der Waals surface area contributed by atoms with Crippen LogP contribution >= 0.6 is 0 Å². The van der Waals surface area contributed by atoms with Crippen molar-refractivity contribution in [1.82, 2.24) is 19.9 Å². The molecular weight excluding hydrogens is 240 g/mol. The number of ether oxygens (including phenoxy) is 1. The molecular formula is C14H14N4O. The van der Waals surface area contributed by atoms with Crippen molar-refractivity contribution in [2.45, 2.75) is 13.3 Å². The predicted molar refractivity (Wildman–Crippen MR) is 72.9 cm³/mol. The van der Waals surface area contributed by atoms with E-state index in [4.69, 9.17) is 4.74 Å². The first-order valence-electron chi connectivity index (χ1n) is 6.25. The van der Waals surface area contributed by atoms with Crippen molar-refractivity contribution >= 4 is 11.0 Å². The molecule has 5 heteroatoms. The highest BCUT2D eigenvalue weighted by atomic mass is 16.5. The Labute approximate surface area is 110 Å². The Hall–Kier alpha value is -2.43. The van der Waals surface area contributed by atoms with Gasteiger partial charge >= 0.3 is 6.01 Å². The Balaban J connectivity index is 1.88. The molecule has 3 rings (SSSR count). The number of aromatic nitrogens is 4. The fraction of sp³-hybridized carbons (Fsp3) is 0.214. The Bertz CT molecular complexity index is 675. The van der Waals surface area contributed by atoms with E-state index < -0.39 is 0 Å². The van der Waals surface area contributed by atoms with Gasteiger partial charge in [-0.15, -0.1) is 0 Å². The molecule has 3 aromatic heterocycles. The Morgan fingerprint density at radius 2 is 1.89 bits per heavy atom. The summed E-state index contributed by atoms with van der Waals surface area (Å²) in [5.41, 5.74) is 2.81. The number of nitrogens with zero attached hydrogens (tertiary/aromatic N) is 3. The first-order chi connectivity index (χ1) is 9.36. The van der Waals surface area contributed by atoms with Crippen LogP contribution in [-0.2, 0) is 0 Å². The predicted octanol–water partition coefficient (Wildman–Crippen LogP) is 2.81. The van der Waals surface area contributed by atoms with E-state index in [0.717, 1.165) is 28.6 Å². The van der Waals surface area contributed by atoms with Crippen molar-refractivity contribution in [2.75, 3.05) is 6.61 Å². The van der Waals surface area contributed by atoms with Gasteiger partial charge in [-0.3, -0.25) is 0 Å². The lowest BCUT2D eigenvalue weighted by Crippen LogP contribution is -1.99. The van der Waals surface area contributed by atoms with Gasteiger partial charge in [-0.2, -0.15) is 0 Å². The first kappa shape index (κ1) is 11.6. The van der Waals surface area contributed by atoms with Crippen molar-refractivity contribution in [3.05, 3.63) is 36.9 Å². The molecule has 19 heavy (non-hydrogen) atoms. The number of fused-ring (bicyclic) bond motifs is 1. The molecule has 0 atom stereocenters. The molecule has 0 saturated heterocycles. The smallest absolute Gasteiger partial charge is 0.316 e. The molecule has 0 unspecified atom stereocenters. The number of H-pyrrole nitrogens is 1. The average molecular weight is 254 g/mol. The maximum atomic E-state index is 5.36. The number of nitrogens with one attached hydrogen (secondary N) is 1. The van der Waals surface area contributed by atoms with Gasteiger partial charge in [0.15, 0.2) is 0 Å². The van der Waals surface area contributed by atoms with E-state index >= 15 is 0 Å². The van der Waals surface area contributed by atoms with Crippen LogP contribution in [0.3, 0.4) is 0 Å². The van der Waals surface area contributed by atoms with Crippen LogP contribution in [0.1, 0.15) is 13.3 Å². The molecule has 0 amide bonds. The topological polar surface area (TPSA) is 63.7 Å². The van der Waals surface area contributed by atoms with E-state index in [1.807, 2.05) is 25.4 Å². The van der Waals surface area contributed by atoms with E-state index in [0.29, 0.717) is 12.6 Å². The molecule has 1 N–H and O–H groups in total. The Morgan fingerprint density at radius 1 is 1.11 bits per heavy atom. The standard InChI is InChI=1S/C14H14N4O/c1-2-5-19-14-17-8-12(9-18-14)11-6-10-3-4-15-13(10)16-7-11/h3-4,6-9H,2,5H2,1H3,(H,15,16). The highest BCUT2D eigenvalue weighted by molar-refractivity contribution is 5.80. The molecule has 5 nitrogen and oxygen atoms in total. The highest BCUT2D eigenvalue weighted by Gasteiger charge is 2.03. The molecule has 0 aliphatic heterocycles. The van der Waals surface area contributed by atoms with Gasteiger partial charge in [0.2, 0.25) is 0 Å². The third-order valence-electron chi connectivity index (χ3n) is 2.80. The normalized spacial score (nSPS) is 10.8. The second kappa shape index (κ2) is 5.06. The average Bonchev–Trinajstić information content (AvgIpc) is 2.93. The van der Waals surface area contributed by atoms with Gasteiger partial charge < -0.3 is 9.72 Å². The third kappa shape index (κ3) is 2.40. The van der Waals surface area contributed by atoms with Gasteiger partial charge in [-0.1, -0.05) is 6.92 Å². The minimum absolute atomic E-state index is 0.418. The fourth-order valence-electron chi connectivity index (χ4n) is 1.83. The van der Waals surface area contributed by atoms with Crippen LogP contribution in [0.25, 0.3) is 22.2 Å². The molecule has 3 heterocycles. The highest BCUT2D eigenvalue weighted by Crippen LogP contribution is 2.21. The fourth-order valence-corrected chi connectivity index (χ4v) is 1.83. The first-order valence-corrected chi connectivity index (χ1v) is 6.25. The third-order valence-corrected chi connectivity index (χ3v) is 2.80. The Kier molecular flexibility index (Phi) is 3.10. The van der Waals surface area contributed by atoms with Gasteiger partial charge in [0, 0.05) is 41.3 Å². The SMILES string of the molecule is CCCOc1ncc(-c2cnc3[nH]ccc3c2)cn1. The van der Waals surface area contributed by atoms with E-state index in [1.165, 1.54) is 0 Å². The summed E-state index contributed by atoms with van der Waals surface area (Å²) >= 11 is 0. The van der Waals surface area contributed by atoms with Crippen LogP contribution in [0, 0.1) is 0 Å². The van der Waals surface area contributed by atoms with Crippen LogP contribution in [0.4, 0.5) is 0 Å². The maximum absolute atomic E-state index is 5.36. The lowest BCUT2D eigenvalue weighted by Gasteiger charge is -2.04. The molecule has 0 bridgehead atoms. The molecule has 0 aromatic carbocycles. The Morgan fingerprint density at radius 3 is 2.68 bits per heavy atom. The van der Waals surface area contributed by atoms with Crippen molar-refractivity contribution in [3.8, 4) is 17.1 Å². The second-order valence-corrected chi connectivity index (χ2v) is 4.24. The summed E-state index contributed by atoms with van der Waals surface area (Å²) in [6.07, 6.45) is 8.14. The quantitative estimate of drug-likeness (QED) is 0.777. The zero-order valence-electron chi connectivity index (χ0n) is 10.6. The molecule has 96 valence electrons. The van der Waals surface area contributed by atoms with Crippen LogP contribution in [0.2, 0.25) is 0 Å². The largest absolute Gasteiger partial charge is 0.463 e.